The maximum absolute atomic E-state index is 10.7. The molecule has 102 valence electrons. The maximum Gasteiger partial charge on any atom is 0.287 e. The van der Waals surface area contributed by atoms with Gasteiger partial charge in [0.05, 0.1) is 24.2 Å². The molecule has 0 radical (unpaired) electrons. The third-order valence-corrected chi connectivity index (χ3v) is 4.21. The van der Waals surface area contributed by atoms with E-state index < -0.39 is 4.92 Å². The van der Waals surface area contributed by atoms with E-state index >= 15 is 0 Å². The van der Waals surface area contributed by atoms with Gasteiger partial charge in [0.15, 0.2) is 0 Å². The molecular weight excluding hydrogens is 246 g/mol. The van der Waals surface area contributed by atoms with Crippen molar-refractivity contribution < 1.29 is 9.66 Å². The molecule has 0 amide bonds. The van der Waals surface area contributed by atoms with Gasteiger partial charge in [-0.15, -0.1) is 0 Å². The minimum atomic E-state index is -0.421. The molecule has 0 aromatic carbocycles. The van der Waals surface area contributed by atoms with Gasteiger partial charge < -0.3 is 9.64 Å². The fraction of sp³-hybridized carbons (Fsp3) is 0.615. The molecule has 1 atom stereocenters. The van der Waals surface area contributed by atoms with Crippen molar-refractivity contribution in [2.24, 2.45) is 5.41 Å². The second-order valence-corrected chi connectivity index (χ2v) is 5.57. The summed E-state index contributed by atoms with van der Waals surface area (Å²) in [6, 6.07) is 3.59. The minimum absolute atomic E-state index is 0.0335. The third kappa shape index (κ3) is 2.28. The highest BCUT2D eigenvalue weighted by atomic mass is 16.6. The Labute approximate surface area is 111 Å². The smallest absolute Gasteiger partial charge is 0.287 e. The van der Waals surface area contributed by atoms with Crippen LogP contribution in [0.3, 0.4) is 0 Å². The molecule has 2 heterocycles. The van der Waals surface area contributed by atoms with Gasteiger partial charge in [-0.1, -0.05) is 6.92 Å². The lowest BCUT2D eigenvalue weighted by Gasteiger charge is -2.40. The summed E-state index contributed by atoms with van der Waals surface area (Å²) < 4.78 is 5.58. The first kappa shape index (κ1) is 12.3. The van der Waals surface area contributed by atoms with Crippen LogP contribution in [-0.2, 0) is 4.74 Å². The van der Waals surface area contributed by atoms with E-state index in [1.54, 1.807) is 6.07 Å². The number of aromatic nitrogens is 1. The van der Waals surface area contributed by atoms with Crippen molar-refractivity contribution in [2.45, 2.75) is 25.8 Å². The number of morpholine rings is 1. The van der Waals surface area contributed by atoms with Gasteiger partial charge in [-0.3, -0.25) is 10.1 Å². The summed E-state index contributed by atoms with van der Waals surface area (Å²) >= 11 is 0. The van der Waals surface area contributed by atoms with E-state index in [0.717, 1.165) is 19.0 Å². The number of hydrogen-bond donors (Lipinski definition) is 0. The number of rotatable bonds is 3. The van der Waals surface area contributed by atoms with Crippen LogP contribution < -0.4 is 4.90 Å². The zero-order chi connectivity index (χ0) is 13.5. The lowest BCUT2D eigenvalue weighted by atomic mass is 9.97. The van der Waals surface area contributed by atoms with Crippen LogP contribution in [0.4, 0.5) is 11.5 Å². The molecule has 1 saturated heterocycles. The van der Waals surface area contributed by atoms with Gasteiger partial charge in [0.25, 0.3) is 5.69 Å². The molecule has 3 rings (SSSR count). The van der Waals surface area contributed by atoms with E-state index in [2.05, 4.69) is 16.8 Å². The second kappa shape index (κ2) is 4.45. The number of nitro groups is 1. The first-order valence-corrected chi connectivity index (χ1v) is 6.55. The Hall–Kier alpha value is -1.69. The fourth-order valence-corrected chi connectivity index (χ4v) is 2.64. The van der Waals surface area contributed by atoms with E-state index in [-0.39, 0.29) is 5.69 Å². The van der Waals surface area contributed by atoms with Crippen LogP contribution in [0.15, 0.2) is 18.3 Å². The van der Waals surface area contributed by atoms with Crippen LogP contribution in [0.5, 0.6) is 0 Å². The van der Waals surface area contributed by atoms with Gasteiger partial charge in [0.1, 0.15) is 12.0 Å². The van der Waals surface area contributed by atoms with Gasteiger partial charge >= 0.3 is 0 Å². The van der Waals surface area contributed by atoms with Crippen molar-refractivity contribution >= 4 is 11.5 Å². The molecule has 0 spiro atoms. The Kier molecular flexibility index (Phi) is 2.89. The Morgan fingerprint density at radius 3 is 2.89 bits per heavy atom. The van der Waals surface area contributed by atoms with Crippen LogP contribution in [0.2, 0.25) is 0 Å². The molecule has 1 aliphatic carbocycles. The van der Waals surface area contributed by atoms with Crippen LogP contribution in [0, 0.1) is 15.5 Å². The molecule has 2 aliphatic rings. The standard InChI is InChI=1S/C13H17N3O3/c1-13(4-5-13)11-9-19-7-6-15(11)12-3-2-10(8-14-12)16(17)18/h2-3,8,11H,4-7,9H2,1H3. The summed E-state index contributed by atoms with van der Waals surface area (Å²) in [6.45, 7) is 4.47. The fourth-order valence-electron chi connectivity index (χ4n) is 2.64. The van der Waals surface area contributed by atoms with Crippen LogP contribution in [-0.4, -0.2) is 35.7 Å². The second-order valence-electron chi connectivity index (χ2n) is 5.57. The Bertz CT molecular complexity index is 484. The monoisotopic (exact) mass is 263 g/mol. The highest BCUT2D eigenvalue weighted by Crippen LogP contribution is 2.51. The van der Waals surface area contributed by atoms with E-state index in [1.165, 1.54) is 25.1 Å². The quantitative estimate of drug-likeness (QED) is 0.616. The van der Waals surface area contributed by atoms with Crippen molar-refractivity contribution in [3.8, 4) is 0 Å². The number of ether oxygens (including phenoxy) is 1. The molecule has 2 fully saturated rings. The highest BCUT2D eigenvalue weighted by molar-refractivity contribution is 5.45. The summed E-state index contributed by atoms with van der Waals surface area (Å²) in [4.78, 5) is 16.7. The lowest BCUT2D eigenvalue weighted by molar-refractivity contribution is -0.385. The first-order valence-electron chi connectivity index (χ1n) is 6.55. The first-order chi connectivity index (χ1) is 9.10. The van der Waals surface area contributed by atoms with E-state index in [0.29, 0.717) is 18.1 Å². The molecule has 1 aromatic heterocycles. The topological polar surface area (TPSA) is 68.5 Å². The molecule has 1 aliphatic heterocycles. The zero-order valence-corrected chi connectivity index (χ0v) is 10.9. The maximum atomic E-state index is 10.7. The molecule has 1 aromatic rings. The number of anilines is 1. The predicted molar refractivity (Wildman–Crippen MR) is 70.2 cm³/mol. The van der Waals surface area contributed by atoms with Crippen molar-refractivity contribution in [1.82, 2.24) is 4.98 Å². The highest BCUT2D eigenvalue weighted by Gasteiger charge is 2.48. The summed E-state index contributed by atoms with van der Waals surface area (Å²) in [6.07, 6.45) is 3.76. The predicted octanol–water partition coefficient (Wildman–Crippen LogP) is 2.00. The van der Waals surface area contributed by atoms with Crippen LogP contribution in [0.25, 0.3) is 0 Å². The molecular formula is C13H17N3O3. The average molecular weight is 263 g/mol. The SMILES string of the molecule is CC1(C2COCCN2c2ccc([N+](=O)[O-])cn2)CC1. The lowest BCUT2D eigenvalue weighted by Crippen LogP contribution is -2.50. The Morgan fingerprint density at radius 1 is 1.53 bits per heavy atom. The van der Waals surface area contributed by atoms with Crippen molar-refractivity contribution in [2.75, 3.05) is 24.7 Å². The Balaban J connectivity index is 1.84. The zero-order valence-electron chi connectivity index (χ0n) is 10.9. The van der Waals surface area contributed by atoms with E-state index in [1.807, 2.05) is 0 Å². The number of pyridine rings is 1. The molecule has 1 unspecified atom stereocenters. The summed E-state index contributed by atoms with van der Waals surface area (Å²) in [7, 11) is 0. The van der Waals surface area contributed by atoms with Gasteiger partial charge in [0.2, 0.25) is 0 Å². The van der Waals surface area contributed by atoms with E-state index in [9.17, 15) is 10.1 Å². The molecule has 6 heteroatoms. The molecule has 0 N–H and O–H groups in total. The summed E-state index contributed by atoms with van der Waals surface area (Å²) in [5, 5.41) is 10.7. The Morgan fingerprint density at radius 2 is 2.32 bits per heavy atom. The normalized spacial score (nSPS) is 25.1. The minimum Gasteiger partial charge on any atom is -0.377 e. The van der Waals surface area contributed by atoms with Gasteiger partial charge in [-0.05, 0) is 24.3 Å². The van der Waals surface area contributed by atoms with Crippen LogP contribution in [0.1, 0.15) is 19.8 Å². The average Bonchev–Trinajstić information content (AvgIpc) is 3.18. The van der Waals surface area contributed by atoms with Crippen molar-refractivity contribution in [3.63, 3.8) is 0 Å². The van der Waals surface area contributed by atoms with Gasteiger partial charge in [-0.25, -0.2) is 4.98 Å². The molecule has 19 heavy (non-hydrogen) atoms. The van der Waals surface area contributed by atoms with Crippen molar-refractivity contribution in [3.05, 3.63) is 28.4 Å². The molecule has 0 bridgehead atoms. The largest absolute Gasteiger partial charge is 0.377 e. The van der Waals surface area contributed by atoms with Gasteiger partial charge in [-0.2, -0.15) is 0 Å². The van der Waals surface area contributed by atoms with Crippen molar-refractivity contribution in [1.29, 1.82) is 0 Å². The number of nitrogens with zero attached hydrogens (tertiary/aromatic N) is 3. The van der Waals surface area contributed by atoms with E-state index in [4.69, 9.17) is 4.74 Å². The summed E-state index contributed by atoms with van der Waals surface area (Å²) in [5.74, 6) is 0.812. The summed E-state index contributed by atoms with van der Waals surface area (Å²) in [5.41, 5.74) is 0.343. The third-order valence-electron chi connectivity index (χ3n) is 4.21. The van der Waals surface area contributed by atoms with Crippen LogP contribution >= 0.6 is 0 Å². The molecule has 1 saturated carbocycles. The molecule has 6 nitrogen and oxygen atoms in total. The number of hydrogen-bond acceptors (Lipinski definition) is 5. The van der Waals surface area contributed by atoms with Gasteiger partial charge in [0, 0.05) is 12.6 Å².